The molecule has 1 N–H and O–H groups in total. The molecule has 1 amide bonds. The van der Waals surface area contributed by atoms with Gasteiger partial charge in [0.1, 0.15) is 11.5 Å². The van der Waals surface area contributed by atoms with E-state index >= 15 is 0 Å². The fraction of sp³-hybridized carbons (Fsp3) is 0.667. The number of hydrogen-bond acceptors (Lipinski definition) is 3. The van der Waals surface area contributed by atoms with Crippen LogP contribution in [0.25, 0.3) is 0 Å². The Balaban J connectivity index is 2.56. The lowest BCUT2D eigenvalue weighted by Crippen LogP contribution is -2.25. The van der Waals surface area contributed by atoms with Gasteiger partial charge < -0.3 is 14.8 Å². The van der Waals surface area contributed by atoms with Crippen molar-refractivity contribution in [1.82, 2.24) is 5.32 Å². The highest BCUT2D eigenvalue weighted by atomic mass is 16.5. The first-order valence-electron chi connectivity index (χ1n) is 9.90. The normalized spacial score (nSPS) is 10.5. The minimum Gasteiger partial charge on any atom is -0.494 e. The first kappa shape index (κ1) is 21.3. The molecule has 4 nitrogen and oxygen atoms in total. The summed E-state index contributed by atoms with van der Waals surface area (Å²) in [7, 11) is 0. The van der Waals surface area contributed by atoms with E-state index in [0.717, 1.165) is 25.0 Å². The SMILES string of the molecule is CCCCCCCCNC(=O)c1cc(OCCC)ccc1OCCC. The molecule has 1 rings (SSSR count). The number of carbonyl (C=O) groups is 1. The highest BCUT2D eigenvalue weighted by Crippen LogP contribution is 2.25. The second-order valence-electron chi connectivity index (χ2n) is 6.38. The summed E-state index contributed by atoms with van der Waals surface area (Å²) < 4.78 is 11.4. The molecule has 0 spiro atoms. The van der Waals surface area contributed by atoms with Crippen LogP contribution in [0.3, 0.4) is 0 Å². The molecule has 1 aromatic rings. The fourth-order valence-corrected chi connectivity index (χ4v) is 2.54. The lowest BCUT2D eigenvalue weighted by molar-refractivity contribution is 0.0948. The molecule has 25 heavy (non-hydrogen) atoms. The Kier molecular flexibility index (Phi) is 11.6. The molecule has 0 aliphatic rings. The van der Waals surface area contributed by atoms with E-state index in [1.54, 1.807) is 6.07 Å². The van der Waals surface area contributed by atoms with Gasteiger partial charge in [0, 0.05) is 6.54 Å². The molecule has 142 valence electrons. The molecule has 0 aliphatic heterocycles. The van der Waals surface area contributed by atoms with Gasteiger partial charge in [-0.3, -0.25) is 4.79 Å². The van der Waals surface area contributed by atoms with Gasteiger partial charge in [-0.15, -0.1) is 0 Å². The van der Waals surface area contributed by atoms with E-state index < -0.39 is 0 Å². The maximum absolute atomic E-state index is 12.5. The van der Waals surface area contributed by atoms with Gasteiger partial charge in [0.25, 0.3) is 5.91 Å². The zero-order valence-corrected chi connectivity index (χ0v) is 16.2. The molecule has 0 fully saturated rings. The summed E-state index contributed by atoms with van der Waals surface area (Å²) in [6.45, 7) is 8.29. The standard InChI is InChI=1S/C21H35NO3/c1-4-7-8-9-10-11-14-22-21(23)19-17-18(24-15-5-2)12-13-20(19)25-16-6-3/h12-13,17H,4-11,14-16H2,1-3H3,(H,22,23). The van der Waals surface area contributed by atoms with E-state index in [2.05, 4.69) is 26.1 Å². The topological polar surface area (TPSA) is 47.6 Å². The largest absolute Gasteiger partial charge is 0.494 e. The van der Waals surface area contributed by atoms with Crippen LogP contribution in [0.4, 0.5) is 0 Å². The third-order valence-corrected chi connectivity index (χ3v) is 3.95. The van der Waals surface area contributed by atoms with Crippen molar-refractivity contribution in [3.8, 4) is 11.5 Å². The zero-order valence-electron chi connectivity index (χ0n) is 16.2. The van der Waals surface area contributed by atoms with Gasteiger partial charge in [-0.1, -0.05) is 52.9 Å². The highest BCUT2D eigenvalue weighted by Gasteiger charge is 2.14. The minimum atomic E-state index is -0.0818. The molecule has 0 saturated heterocycles. The molecule has 0 aromatic heterocycles. The molecule has 0 radical (unpaired) electrons. The number of nitrogens with one attached hydrogen (secondary N) is 1. The van der Waals surface area contributed by atoms with Crippen LogP contribution in [-0.2, 0) is 0 Å². The summed E-state index contributed by atoms with van der Waals surface area (Å²) in [5, 5.41) is 3.02. The second-order valence-corrected chi connectivity index (χ2v) is 6.38. The maximum atomic E-state index is 12.5. The third-order valence-electron chi connectivity index (χ3n) is 3.95. The quantitative estimate of drug-likeness (QED) is 0.460. The van der Waals surface area contributed by atoms with Crippen LogP contribution in [-0.4, -0.2) is 25.7 Å². The molecule has 0 heterocycles. The van der Waals surface area contributed by atoms with E-state index in [1.165, 1.54) is 32.1 Å². The summed E-state index contributed by atoms with van der Waals surface area (Å²) in [6, 6.07) is 5.49. The summed E-state index contributed by atoms with van der Waals surface area (Å²) >= 11 is 0. The van der Waals surface area contributed by atoms with Gasteiger partial charge in [0.05, 0.1) is 18.8 Å². The number of amides is 1. The molecule has 1 aromatic carbocycles. The lowest BCUT2D eigenvalue weighted by atomic mass is 10.1. The molecular weight excluding hydrogens is 314 g/mol. The van der Waals surface area contributed by atoms with Crippen LogP contribution >= 0.6 is 0 Å². The first-order chi connectivity index (χ1) is 12.2. The van der Waals surface area contributed by atoms with Crippen molar-refractivity contribution in [3.05, 3.63) is 23.8 Å². The van der Waals surface area contributed by atoms with Crippen LogP contribution in [0.5, 0.6) is 11.5 Å². The van der Waals surface area contributed by atoms with Gasteiger partial charge >= 0.3 is 0 Å². The zero-order chi connectivity index (χ0) is 18.3. The average molecular weight is 350 g/mol. The van der Waals surface area contributed by atoms with E-state index in [1.807, 2.05) is 12.1 Å². The van der Waals surface area contributed by atoms with Crippen LogP contribution < -0.4 is 14.8 Å². The Morgan fingerprint density at radius 2 is 1.56 bits per heavy atom. The molecule has 0 bridgehead atoms. The summed E-state index contributed by atoms with van der Waals surface area (Å²) in [6.07, 6.45) is 9.13. The van der Waals surface area contributed by atoms with Gasteiger partial charge in [0.15, 0.2) is 0 Å². The Morgan fingerprint density at radius 1 is 0.880 bits per heavy atom. The van der Waals surface area contributed by atoms with Crippen molar-refractivity contribution in [3.63, 3.8) is 0 Å². The predicted octanol–water partition coefficient (Wildman–Crippen LogP) is 5.35. The third kappa shape index (κ3) is 8.80. The van der Waals surface area contributed by atoms with Crippen LogP contribution in [0.15, 0.2) is 18.2 Å². The van der Waals surface area contributed by atoms with Crippen molar-refractivity contribution in [2.45, 2.75) is 72.1 Å². The van der Waals surface area contributed by atoms with Crippen molar-refractivity contribution >= 4 is 5.91 Å². The van der Waals surface area contributed by atoms with Crippen LogP contribution in [0.2, 0.25) is 0 Å². The van der Waals surface area contributed by atoms with Gasteiger partial charge in [-0.2, -0.15) is 0 Å². The van der Waals surface area contributed by atoms with Crippen molar-refractivity contribution in [2.75, 3.05) is 19.8 Å². The number of unbranched alkanes of at least 4 members (excludes halogenated alkanes) is 5. The van der Waals surface area contributed by atoms with Gasteiger partial charge in [0.2, 0.25) is 0 Å². The molecule has 0 unspecified atom stereocenters. The molecule has 0 saturated carbocycles. The predicted molar refractivity (Wildman–Crippen MR) is 104 cm³/mol. The Morgan fingerprint density at radius 3 is 2.28 bits per heavy atom. The second kappa shape index (κ2) is 13.6. The lowest BCUT2D eigenvalue weighted by Gasteiger charge is -2.13. The van der Waals surface area contributed by atoms with E-state index in [9.17, 15) is 4.79 Å². The molecule has 0 atom stereocenters. The number of benzene rings is 1. The Bertz CT molecular complexity index is 488. The van der Waals surface area contributed by atoms with Gasteiger partial charge in [-0.25, -0.2) is 0 Å². The summed E-state index contributed by atoms with van der Waals surface area (Å²) in [4.78, 5) is 12.5. The van der Waals surface area contributed by atoms with Crippen molar-refractivity contribution in [2.24, 2.45) is 0 Å². The number of carbonyl (C=O) groups excluding carboxylic acids is 1. The van der Waals surface area contributed by atoms with E-state index in [0.29, 0.717) is 31.1 Å². The fourth-order valence-electron chi connectivity index (χ4n) is 2.54. The van der Waals surface area contributed by atoms with Crippen molar-refractivity contribution in [1.29, 1.82) is 0 Å². The van der Waals surface area contributed by atoms with E-state index in [4.69, 9.17) is 9.47 Å². The van der Waals surface area contributed by atoms with Crippen LogP contribution in [0.1, 0.15) is 82.5 Å². The first-order valence-corrected chi connectivity index (χ1v) is 9.90. The molecular formula is C21H35NO3. The molecule has 0 aliphatic carbocycles. The van der Waals surface area contributed by atoms with Crippen molar-refractivity contribution < 1.29 is 14.3 Å². The smallest absolute Gasteiger partial charge is 0.255 e. The highest BCUT2D eigenvalue weighted by molar-refractivity contribution is 5.97. The Hall–Kier alpha value is -1.71. The monoisotopic (exact) mass is 349 g/mol. The van der Waals surface area contributed by atoms with Gasteiger partial charge in [-0.05, 0) is 37.5 Å². The summed E-state index contributed by atoms with van der Waals surface area (Å²) in [5.41, 5.74) is 0.563. The van der Waals surface area contributed by atoms with E-state index in [-0.39, 0.29) is 5.91 Å². The molecule has 4 heteroatoms. The summed E-state index contributed by atoms with van der Waals surface area (Å²) in [5.74, 6) is 1.27. The maximum Gasteiger partial charge on any atom is 0.255 e. The number of hydrogen-bond donors (Lipinski definition) is 1. The Labute approximate surface area is 153 Å². The number of ether oxygens (including phenoxy) is 2. The minimum absolute atomic E-state index is 0.0818. The van der Waals surface area contributed by atoms with Crippen LogP contribution in [0, 0.1) is 0 Å². The average Bonchev–Trinajstić information content (AvgIpc) is 2.64. The number of rotatable bonds is 14.